The molecule has 0 radical (unpaired) electrons. The van der Waals surface area contributed by atoms with E-state index < -0.39 is 45.4 Å². The predicted molar refractivity (Wildman–Crippen MR) is 58.5 cm³/mol. The summed E-state index contributed by atoms with van der Waals surface area (Å²) < 4.78 is 64.8. The summed E-state index contributed by atoms with van der Waals surface area (Å²) in [6.45, 7) is 0. The molecular formula is C11H7F5N2O3. The summed E-state index contributed by atoms with van der Waals surface area (Å²) in [5, 5.41) is 12.1. The maximum absolute atomic E-state index is 13.7. The molecule has 0 saturated heterocycles. The lowest BCUT2D eigenvalue weighted by Gasteiger charge is -2.20. The van der Waals surface area contributed by atoms with E-state index in [1.807, 2.05) is 0 Å². The van der Waals surface area contributed by atoms with Crippen molar-refractivity contribution >= 4 is 11.6 Å². The Balaban J connectivity index is 2.35. The highest BCUT2D eigenvalue weighted by atomic mass is 19.4. The molecule has 21 heavy (non-hydrogen) atoms. The van der Waals surface area contributed by atoms with Crippen LogP contribution < -0.4 is 5.32 Å². The van der Waals surface area contributed by atoms with Crippen LogP contribution in [0.4, 0.5) is 27.6 Å². The Morgan fingerprint density at radius 3 is 2.29 bits per heavy atom. The van der Waals surface area contributed by atoms with Crippen LogP contribution in [-0.4, -0.2) is 22.5 Å². The zero-order valence-electron chi connectivity index (χ0n) is 10.1. The normalized spacial score (nSPS) is 16.4. The number of nitrogens with zero attached hydrogens (tertiary/aromatic N) is 1. The molecule has 1 aliphatic rings. The highest BCUT2D eigenvalue weighted by Gasteiger charge is 2.64. The van der Waals surface area contributed by atoms with Gasteiger partial charge in [0.05, 0.1) is 16.6 Å². The van der Waals surface area contributed by atoms with Crippen LogP contribution >= 0.6 is 0 Å². The Labute approximate surface area is 113 Å². The SMILES string of the molecule is O=C(NC1(C(F)(F)F)CC1)c1cc(F)cc([N+](=O)[O-])c1F. The van der Waals surface area contributed by atoms with Crippen molar-refractivity contribution in [1.82, 2.24) is 5.32 Å². The van der Waals surface area contributed by atoms with Gasteiger partial charge < -0.3 is 5.32 Å². The molecule has 1 aliphatic carbocycles. The highest BCUT2D eigenvalue weighted by Crippen LogP contribution is 2.49. The fourth-order valence-corrected chi connectivity index (χ4v) is 1.76. The molecule has 0 aliphatic heterocycles. The standard InChI is InChI=1S/C11H7F5N2O3/c12-5-3-6(8(13)7(4-5)18(20)21)9(19)17-10(1-2-10)11(14,15)16/h3-4H,1-2H2,(H,17,19). The number of nitro benzene ring substituents is 1. The molecule has 10 heteroatoms. The molecule has 0 spiro atoms. The summed E-state index contributed by atoms with van der Waals surface area (Å²) in [6.07, 6.45) is -5.51. The molecule has 0 unspecified atom stereocenters. The van der Waals surface area contributed by atoms with Crippen molar-refractivity contribution in [2.45, 2.75) is 24.6 Å². The van der Waals surface area contributed by atoms with Crippen LogP contribution in [0.15, 0.2) is 12.1 Å². The average molecular weight is 310 g/mol. The van der Waals surface area contributed by atoms with Gasteiger partial charge in [0.25, 0.3) is 5.91 Å². The van der Waals surface area contributed by atoms with Gasteiger partial charge in [-0.25, -0.2) is 4.39 Å². The van der Waals surface area contributed by atoms with Gasteiger partial charge in [-0.1, -0.05) is 0 Å². The summed E-state index contributed by atoms with van der Waals surface area (Å²) in [4.78, 5) is 20.9. The Bertz CT molecular complexity index is 625. The third kappa shape index (κ3) is 2.65. The average Bonchev–Trinajstić information content (AvgIpc) is 3.11. The molecule has 0 bridgehead atoms. The molecule has 1 aromatic rings. The van der Waals surface area contributed by atoms with Crippen LogP contribution in [0, 0.1) is 21.7 Å². The molecular weight excluding hydrogens is 303 g/mol. The van der Waals surface area contributed by atoms with Crippen molar-refractivity contribution in [1.29, 1.82) is 0 Å². The first-order valence-corrected chi connectivity index (χ1v) is 5.60. The fourth-order valence-electron chi connectivity index (χ4n) is 1.76. The van der Waals surface area contributed by atoms with Gasteiger partial charge in [0.2, 0.25) is 5.82 Å². The zero-order chi connectivity index (χ0) is 16.0. The second-order valence-corrected chi connectivity index (χ2v) is 4.58. The van der Waals surface area contributed by atoms with E-state index in [0.717, 1.165) is 0 Å². The molecule has 0 atom stereocenters. The van der Waals surface area contributed by atoms with Crippen molar-refractivity contribution in [2.24, 2.45) is 0 Å². The molecule has 2 rings (SSSR count). The van der Waals surface area contributed by atoms with Crippen molar-refractivity contribution < 1.29 is 31.7 Å². The fraction of sp³-hybridized carbons (Fsp3) is 0.364. The second-order valence-electron chi connectivity index (χ2n) is 4.58. The monoisotopic (exact) mass is 310 g/mol. The number of benzene rings is 1. The van der Waals surface area contributed by atoms with Gasteiger partial charge in [-0.15, -0.1) is 0 Å². The van der Waals surface area contributed by atoms with Gasteiger partial charge in [0.1, 0.15) is 11.4 Å². The Kier molecular flexibility index (Phi) is 3.34. The van der Waals surface area contributed by atoms with E-state index in [4.69, 9.17) is 0 Å². The number of hydrogen-bond donors (Lipinski definition) is 1. The first-order chi connectivity index (χ1) is 9.57. The topological polar surface area (TPSA) is 72.2 Å². The minimum atomic E-state index is -4.74. The molecule has 1 N–H and O–H groups in total. The molecule has 114 valence electrons. The smallest absolute Gasteiger partial charge is 0.338 e. The van der Waals surface area contributed by atoms with E-state index in [9.17, 15) is 36.9 Å². The van der Waals surface area contributed by atoms with Gasteiger partial charge >= 0.3 is 11.9 Å². The van der Waals surface area contributed by atoms with E-state index >= 15 is 0 Å². The number of halogens is 5. The lowest BCUT2D eigenvalue weighted by Crippen LogP contribution is -2.48. The van der Waals surface area contributed by atoms with Crippen molar-refractivity contribution in [3.63, 3.8) is 0 Å². The van der Waals surface area contributed by atoms with Gasteiger partial charge in [-0.05, 0) is 18.9 Å². The summed E-state index contributed by atoms with van der Waals surface area (Å²) in [5.41, 5.74) is -4.94. The van der Waals surface area contributed by atoms with Gasteiger partial charge in [0.15, 0.2) is 0 Å². The molecule has 1 amide bonds. The maximum atomic E-state index is 13.7. The van der Waals surface area contributed by atoms with E-state index in [0.29, 0.717) is 6.07 Å². The summed E-state index contributed by atoms with van der Waals surface area (Å²) in [7, 11) is 0. The van der Waals surface area contributed by atoms with Gasteiger partial charge in [-0.3, -0.25) is 14.9 Å². The number of rotatable bonds is 3. The van der Waals surface area contributed by atoms with E-state index in [-0.39, 0.29) is 18.9 Å². The highest BCUT2D eigenvalue weighted by molar-refractivity contribution is 5.96. The Hall–Kier alpha value is -2.26. The Morgan fingerprint density at radius 2 is 1.86 bits per heavy atom. The number of carbonyl (C=O) groups is 1. The number of nitrogens with one attached hydrogen (secondary N) is 1. The van der Waals surface area contributed by atoms with E-state index in [2.05, 4.69) is 0 Å². The number of carbonyl (C=O) groups excluding carboxylic acids is 1. The first-order valence-electron chi connectivity index (χ1n) is 5.60. The minimum Gasteiger partial charge on any atom is -0.338 e. The molecule has 1 aromatic carbocycles. The van der Waals surface area contributed by atoms with Crippen LogP contribution in [0.2, 0.25) is 0 Å². The number of amides is 1. The van der Waals surface area contributed by atoms with Gasteiger partial charge in [0, 0.05) is 0 Å². The van der Waals surface area contributed by atoms with E-state index in [1.165, 1.54) is 0 Å². The van der Waals surface area contributed by atoms with Gasteiger partial charge in [-0.2, -0.15) is 17.6 Å². The first kappa shape index (κ1) is 15.1. The van der Waals surface area contributed by atoms with Crippen molar-refractivity contribution in [2.75, 3.05) is 0 Å². The van der Waals surface area contributed by atoms with Crippen molar-refractivity contribution in [3.8, 4) is 0 Å². The van der Waals surface area contributed by atoms with Crippen LogP contribution in [0.25, 0.3) is 0 Å². The molecule has 1 saturated carbocycles. The lowest BCUT2D eigenvalue weighted by atomic mass is 10.1. The molecule has 0 heterocycles. The maximum Gasteiger partial charge on any atom is 0.411 e. The summed E-state index contributed by atoms with van der Waals surface area (Å²) in [5.74, 6) is -4.54. The van der Waals surface area contributed by atoms with Crippen LogP contribution in [0.5, 0.6) is 0 Å². The number of hydrogen-bond acceptors (Lipinski definition) is 3. The largest absolute Gasteiger partial charge is 0.411 e. The van der Waals surface area contributed by atoms with E-state index in [1.54, 1.807) is 5.32 Å². The second kappa shape index (κ2) is 4.64. The molecule has 0 aromatic heterocycles. The lowest BCUT2D eigenvalue weighted by molar-refractivity contribution is -0.387. The number of alkyl halides is 3. The van der Waals surface area contributed by atoms with Crippen molar-refractivity contribution in [3.05, 3.63) is 39.4 Å². The molecule has 1 fully saturated rings. The third-order valence-electron chi connectivity index (χ3n) is 3.10. The van der Waals surface area contributed by atoms with Crippen LogP contribution in [0.3, 0.4) is 0 Å². The quantitative estimate of drug-likeness (QED) is 0.530. The predicted octanol–water partition coefficient (Wildman–Crippen LogP) is 2.70. The van der Waals surface area contributed by atoms with Crippen LogP contribution in [0.1, 0.15) is 23.2 Å². The third-order valence-corrected chi connectivity index (χ3v) is 3.10. The molecule has 5 nitrogen and oxygen atoms in total. The van der Waals surface area contributed by atoms with Crippen LogP contribution in [-0.2, 0) is 0 Å². The zero-order valence-corrected chi connectivity index (χ0v) is 10.1. The summed E-state index contributed by atoms with van der Waals surface area (Å²) in [6, 6.07) is 0.548. The minimum absolute atomic E-state index is 0.239. The number of nitro groups is 1. The summed E-state index contributed by atoms with van der Waals surface area (Å²) >= 11 is 0. The Morgan fingerprint density at radius 1 is 1.29 bits per heavy atom.